The lowest BCUT2D eigenvalue weighted by Crippen LogP contribution is -2.45. The van der Waals surface area contributed by atoms with Crippen molar-refractivity contribution in [2.24, 2.45) is 4.99 Å². The molecule has 3 aromatic heterocycles. The topological polar surface area (TPSA) is 49.6 Å². The Balaban J connectivity index is 1.05. The summed E-state index contributed by atoms with van der Waals surface area (Å²) in [4.78, 5) is 5.29. The van der Waals surface area contributed by atoms with E-state index in [0.717, 1.165) is 38.9 Å². The fourth-order valence-corrected chi connectivity index (χ4v) is 10.2. The van der Waals surface area contributed by atoms with Crippen LogP contribution in [-0.2, 0) is 0 Å². The second-order valence-electron chi connectivity index (χ2n) is 13.2. The van der Waals surface area contributed by atoms with E-state index >= 15 is 0 Å². The van der Waals surface area contributed by atoms with Crippen LogP contribution in [0.25, 0.3) is 73.4 Å². The molecule has 0 saturated carbocycles. The first-order valence-electron chi connectivity index (χ1n) is 17.2. The van der Waals surface area contributed by atoms with Gasteiger partial charge in [-0.3, -0.25) is 5.32 Å². The third kappa shape index (κ3) is 4.65. The molecule has 1 aliphatic rings. The molecule has 7 aromatic carbocycles. The number of furan rings is 1. The van der Waals surface area contributed by atoms with E-state index in [1.807, 2.05) is 22.7 Å². The average Bonchev–Trinajstić information content (AvgIpc) is 3.89. The van der Waals surface area contributed by atoms with Crippen molar-refractivity contribution in [3.05, 3.63) is 168 Å². The maximum Gasteiger partial charge on any atom is 0.135 e. The van der Waals surface area contributed by atoms with Crippen molar-refractivity contribution in [3.8, 4) is 11.1 Å². The lowest BCUT2D eigenvalue weighted by Gasteiger charge is -2.32. The standard InChI is InChI=1S/C45H29N3OS2/c1-2-10-26(11-3-1)43-46-44(48-45(47-43)33-16-9-19-40-41(33)32-13-5-7-18-39(32)50-40)28-21-23-37-35(25-28)34-24-27(20-22-36(34)49-37)29-14-8-15-31-30-12-4-6-17-38(30)51-42(29)31/h1-25,43,45,47H,(H,46,48). The minimum Gasteiger partial charge on any atom is -0.456 e. The van der Waals surface area contributed by atoms with Crippen molar-refractivity contribution in [2.45, 2.75) is 12.3 Å². The summed E-state index contributed by atoms with van der Waals surface area (Å²) in [5, 5.41) is 15.0. The van der Waals surface area contributed by atoms with E-state index in [0.29, 0.717) is 0 Å². The smallest absolute Gasteiger partial charge is 0.135 e. The van der Waals surface area contributed by atoms with Crippen LogP contribution in [0.5, 0.6) is 0 Å². The van der Waals surface area contributed by atoms with Gasteiger partial charge < -0.3 is 9.73 Å². The van der Waals surface area contributed by atoms with E-state index < -0.39 is 0 Å². The average molecular weight is 692 g/mol. The molecule has 6 heteroatoms. The van der Waals surface area contributed by atoms with Crippen LogP contribution in [0.2, 0.25) is 0 Å². The van der Waals surface area contributed by atoms with Gasteiger partial charge in [-0.05, 0) is 70.8 Å². The van der Waals surface area contributed by atoms with Crippen molar-refractivity contribution < 1.29 is 4.42 Å². The highest BCUT2D eigenvalue weighted by molar-refractivity contribution is 7.26. The van der Waals surface area contributed by atoms with Gasteiger partial charge in [0.05, 0.1) is 0 Å². The zero-order chi connectivity index (χ0) is 33.5. The number of aliphatic imine (C=N–C) groups is 1. The van der Waals surface area contributed by atoms with E-state index in [-0.39, 0.29) is 12.3 Å². The Labute approximate surface area is 301 Å². The van der Waals surface area contributed by atoms with Gasteiger partial charge in [0.25, 0.3) is 0 Å². The predicted molar refractivity (Wildman–Crippen MR) is 216 cm³/mol. The molecule has 242 valence electrons. The molecule has 10 aromatic rings. The van der Waals surface area contributed by atoms with Gasteiger partial charge in [-0.25, -0.2) is 4.99 Å². The fraction of sp³-hybridized carbons (Fsp3) is 0.0444. The van der Waals surface area contributed by atoms with Gasteiger partial charge in [-0.2, -0.15) is 0 Å². The highest BCUT2D eigenvalue weighted by Gasteiger charge is 2.28. The van der Waals surface area contributed by atoms with E-state index in [1.165, 1.54) is 57.0 Å². The molecule has 2 unspecified atom stereocenters. The minimum atomic E-state index is -0.224. The van der Waals surface area contributed by atoms with Crippen LogP contribution in [-0.4, -0.2) is 5.84 Å². The maximum atomic E-state index is 6.41. The zero-order valence-electron chi connectivity index (χ0n) is 27.3. The third-order valence-corrected chi connectivity index (χ3v) is 12.5. The van der Waals surface area contributed by atoms with Gasteiger partial charge in [0, 0.05) is 56.7 Å². The molecule has 4 nitrogen and oxygen atoms in total. The molecule has 0 fully saturated rings. The summed E-state index contributed by atoms with van der Waals surface area (Å²) in [6, 6.07) is 54.2. The Morgan fingerprint density at radius 2 is 1.20 bits per heavy atom. The minimum absolute atomic E-state index is 0.158. The first-order chi connectivity index (χ1) is 25.2. The second-order valence-corrected chi connectivity index (χ2v) is 15.3. The summed E-state index contributed by atoms with van der Waals surface area (Å²) >= 11 is 3.70. The van der Waals surface area contributed by atoms with Crippen molar-refractivity contribution in [2.75, 3.05) is 0 Å². The molecule has 0 spiro atoms. The van der Waals surface area contributed by atoms with Crippen LogP contribution in [0, 0.1) is 0 Å². The molecule has 0 saturated heterocycles. The van der Waals surface area contributed by atoms with Crippen LogP contribution in [0.4, 0.5) is 0 Å². The normalized spacial score (nSPS) is 16.4. The van der Waals surface area contributed by atoms with E-state index in [4.69, 9.17) is 9.41 Å². The summed E-state index contributed by atoms with van der Waals surface area (Å²) in [5.41, 5.74) is 7.54. The molecule has 2 atom stereocenters. The van der Waals surface area contributed by atoms with E-state index in [9.17, 15) is 0 Å². The molecule has 4 heterocycles. The molecule has 1 aliphatic heterocycles. The first-order valence-corrected chi connectivity index (χ1v) is 18.8. The number of nitrogens with one attached hydrogen (secondary N) is 2. The monoisotopic (exact) mass is 691 g/mol. The Hall–Kier alpha value is -5.79. The number of thiophene rings is 2. The SMILES string of the molecule is c1ccc(C2N=C(c3ccc4oc5ccc(-c6cccc7c6sc6ccccc67)cc5c4c3)NC(c3cccc4sc5ccccc5c34)N2)cc1. The molecule has 0 aliphatic carbocycles. The van der Waals surface area contributed by atoms with Gasteiger partial charge in [0.1, 0.15) is 29.3 Å². The van der Waals surface area contributed by atoms with Crippen LogP contribution < -0.4 is 10.6 Å². The third-order valence-electron chi connectivity index (χ3n) is 10.2. The van der Waals surface area contributed by atoms with Gasteiger partial charge in [0.15, 0.2) is 0 Å². The predicted octanol–water partition coefficient (Wildman–Crippen LogP) is 12.3. The molecule has 2 N–H and O–H groups in total. The molecule has 0 bridgehead atoms. The number of rotatable bonds is 4. The molecule has 51 heavy (non-hydrogen) atoms. The molecule has 0 amide bonds. The van der Waals surface area contributed by atoms with Crippen LogP contribution >= 0.6 is 22.7 Å². The summed E-state index contributed by atoms with van der Waals surface area (Å²) in [5.74, 6) is 0.853. The molecule has 11 rings (SSSR count). The highest BCUT2D eigenvalue weighted by atomic mass is 32.1. The number of nitrogens with zero attached hydrogens (tertiary/aromatic N) is 1. The first kappa shape index (κ1) is 29.0. The summed E-state index contributed by atoms with van der Waals surface area (Å²) < 4.78 is 11.6. The summed E-state index contributed by atoms with van der Waals surface area (Å²) in [7, 11) is 0. The number of benzene rings is 7. The fourth-order valence-electron chi connectivity index (χ4n) is 7.78. The maximum absolute atomic E-state index is 6.41. The Kier molecular flexibility index (Phi) is 6.46. The van der Waals surface area contributed by atoms with Crippen LogP contribution in [0.1, 0.15) is 29.0 Å². The van der Waals surface area contributed by atoms with Crippen LogP contribution in [0.15, 0.2) is 161 Å². The number of fused-ring (bicyclic) bond motifs is 9. The zero-order valence-corrected chi connectivity index (χ0v) is 28.9. The largest absolute Gasteiger partial charge is 0.456 e. The molecular formula is C45H29N3OS2. The summed E-state index contributed by atoms with van der Waals surface area (Å²) in [6.07, 6.45) is -0.382. The van der Waals surface area contributed by atoms with Crippen molar-refractivity contribution in [3.63, 3.8) is 0 Å². The number of hydrogen-bond acceptors (Lipinski definition) is 6. The molecular weight excluding hydrogens is 663 g/mol. The highest BCUT2D eigenvalue weighted by Crippen LogP contribution is 2.42. The lowest BCUT2D eigenvalue weighted by molar-refractivity contribution is 0.411. The van der Waals surface area contributed by atoms with Gasteiger partial charge >= 0.3 is 0 Å². The summed E-state index contributed by atoms with van der Waals surface area (Å²) in [6.45, 7) is 0. The van der Waals surface area contributed by atoms with Crippen LogP contribution in [0.3, 0.4) is 0 Å². The molecule has 0 radical (unpaired) electrons. The van der Waals surface area contributed by atoms with E-state index in [1.54, 1.807) is 0 Å². The van der Waals surface area contributed by atoms with E-state index in [2.05, 4.69) is 162 Å². The van der Waals surface area contributed by atoms with Crippen molar-refractivity contribution in [1.29, 1.82) is 0 Å². The van der Waals surface area contributed by atoms with Gasteiger partial charge in [-0.15, -0.1) is 22.7 Å². The Morgan fingerprint density at radius 1 is 0.529 bits per heavy atom. The number of amidine groups is 1. The number of hydrogen-bond donors (Lipinski definition) is 2. The second kappa shape index (κ2) is 11.4. The van der Waals surface area contributed by atoms with Gasteiger partial charge in [-0.1, -0.05) is 103 Å². The van der Waals surface area contributed by atoms with Gasteiger partial charge in [0.2, 0.25) is 0 Å². The Bertz CT molecular complexity index is 3010. The quantitative estimate of drug-likeness (QED) is 0.193. The lowest BCUT2D eigenvalue weighted by atomic mass is 9.99. The Morgan fingerprint density at radius 3 is 2.04 bits per heavy atom. The van der Waals surface area contributed by atoms with Crippen molar-refractivity contribution in [1.82, 2.24) is 10.6 Å². The van der Waals surface area contributed by atoms with Crippen molar-refractivity contribution >= 4 is 90.8 Å².